The fraction of sp³-hybridized carbons (Fsp3) is 0.208. The van der Waals surface area contributed by atoms with Gasteiger partial charge in [0.25, 0.3) is 0 Å². The summed E-state index contributed by atoms with van der Waals surface area (Å²) in [6.07, 6.45) is 1.61. The minimum atomic E-state index is -1.09. The largest absolute Gasteiger partial charge is 0.324 e. The number of nitrogens with zero attached hydrogens (tertiary/aromatic N) is 2. The number of para-hydroxylation sites is 1. The summed E-state index contributed by atoms with van der Waals surface area (Å²) in [5, 5.41) is 3.64. The van der Waals surface area contributed by atoms with Crippen LogP contribution in [0.1, 0.15) is 27.5 Å². The first-order valence-corrected chi connectivity index (χ1v) is 10.2. The number of pyridine rings is 1. The number of anilines is 1. The van der Waals surface area contributed by atoms with E-state index in [0.29, 0.717) is 17.3 Å². The maximum Gasteiger partial charge on any atom is 0.250 e. The van der Waals surface area contributed by atoms with Crippen molar-refractivity contribution in [2.24, 2.45) is 5.92 Å². The molecule has 2 aromatic carbocycles. The molecule has 1 spiro atoms. The Labute approximate surface area is 179 Å². The Kier molecular flexibility index (Phi) is 4.45. The van der Waals surface area contributed by atoms with Crippen LogP contribution in [-0.2, 0) is 10.3 Å². The van der Waals surface area contributed by atoms with E-state index in [0.717, 1.165) is 16.8 Å². The average Bonchev–Trinajstić information content (AvgIpc) is 3.24. The Morgan fingerprint density at radius 3 is 2.57 bits per heavy atom. The predicted molar refractivity (Wildman–Crippen MR) is 116 cm³/mol. The molecule has 5 nitrogen and oxygen atoms in total. The average molecular weight is 418 g/mol. The molecule has 3 heterocycles. The minimum Gasteiger partial charge on any atom is -0.324 e. The van der Waals surface area contributed by atoms with E-state index in [1.54, 1.807) is 24.4 Å². The van der Waals surface area contributed by atoms with Gasteiger partial charge in [0.05, 0.1) is 5.92 Å². The van der Waals surface area contributed by atoms with E-state index in [9.17, 15) is 9.59 Å². The Morgan fingerprint density at radius 2 is 1.83 bits per heavy atom. The Hall–Kier alpha value is -3.02. The number of hydrogen-bond donors (Lipinski definition) is 1. The number of Topliss-reactive ketones (excluding diaryl/α,β-unsaturated/α-hetero) is 1. The standard InChI is InChI=1S/C24H20ClN3O2/c1-28-14-17(15-9-11-16(25)12-10-15)21(22(29)20-8-4-5-13-26-20)24(28)18-6-2-3-7-19(18)27-23(24)30/h2-13,17,21H,14H2,1H3,(H,27,30)/t17-,21-,24+/m1/s1. The predicted octanol–water partition coefficient (Wildman–Crippen LogP) is 4.11. The lowest BCUT2D eigenvalue weighted by Gasteiger charge is -2.35. The highest BCUT2D eigenvalue weighted by Gasteiger charge is 2.64. The lowest BCUT2D eigenvalue weighted by atomic mass is 9.71. The van der Waals surface area contributed by atoms with E-state index in [2.05, 4.69) is 10.3 Å². The second kappa shape index (κ2) is 7.04. The maximum atomic E-state index is 13.9. The van der Waals surface area contributed by atoms with Crippen molar-refractivity contribution in [3.63, 3.8) is 0 Å². The van der Waals surface area contributed by atoms with Gasteiger partial charge in [-0.15, -0.1) is 0 Å². The molecule has 0 unspecified atom stereocenters. The number of fused-ring (bicyclic) bond motifs is 2. The number of amides is 1. The van der Waals surface area contributed by atoms with Crippen molar-refractivity contribution in [3.05, 3.63) is 94.8 Å². The monoisotopic (exact) mass is 417 g/mol. The normalized spacial score (nSPS) is 25.3. The number of carbonyl (C=O) groups excluding carboxylic acids is 2. The molecule has 5 rings (SSSR count). The van der Waals surface area contributed by atoms with Crippen molar-refractivity contribution >= 4 is 29.0 Å². The van der Waals surface area contributed by atoms with Crippen molar-refractivity contribution in [1.82, 2.24) is 9.88 Å². The van der Waals surface area contributed by atoms with Crippen LogP contribution in [-0.4, -0.2) is 35.2 Å². The van der Waals surface area contributed by atoms with Crippen LogP contribution < -0.4 is 5.32 Å². The molecule has 2 aliphatic rings. The van der Waals surface area contributed by atoms with Crippen molar-refractivity contribution in [1.29, 1.82) is 0 Å². The van der Waals surface area contributed by atoms with Gasteiger partial charge in [-0.1, -0.05) is 48.0 Å². The van der Waals surface area contributed by atoms with Crippen molar-refractivity contribution in [2.45, 2.75) is 11.5 Å². The number of halogens is 1. The number of benzene rings is 2. The molecule has 1 N–H and O–H groups in total. The molecule has 0 bridgehead atoms. The second-order valence-corrected chi connectivity index (χ2v) is 8.30. The second-order valence-electron chi connectivity index (χ2n) is 7.86. The Balaban J connectivity index is 1.73. The molecule has 6 heteroatoms. The molecule has 1 saturated heterocycles. The van der Waals surface area contributed by atoms with Crippen LogP contribution >= 0.6 is 11.6 Å². The van der Waals surface area contributed by atoms with E-state index in [1.165, 1.54) is 0 Å². The molecule has 3 aromatic rings. The molecular weight excluding hydrogens is 398 g/mol. The Morgan fingerprint density at radius 1 is 1.10 bits per heavy atom. The van der Waals surface area contributed by atoms with Gasteiger partial charge in [-0.25, -0.2) is 0 Å². The SMILES string of the molecule is CN1C[C@H](c2ccc(Cl)cc2)[C@H](C(=O)c2ccccn2)[C@@]12C(=O)Nc1ccccc12. The molecule has 1 aromatic heterocycles. The summed E-state index contributed by atoms with van der Waals surface area (Å²) in [5.74, 6) is -1.11. The van der Waals surface area contributed by atoms with E-state index >= 15 is 0 Å². The highest BCUT2D eigenvalue weighted by Crippen LogP contribution is 2.55. The summed E-state index contributed by atoms with van der Waals surface area (Å²) < 4.78 is 0. The van der Waals surface area contributed by atoms with E-state index < -0.39 is 11.5 Å². The summed E-state index contributed by atoms with van der Waals surface area (Å²) in [5.41, 5.74) is 1.85. The van der Waals surface area contributed by atoms with E-state index in [-0.39, 0.29) is 17.6 Å². The quantitative estimate of drug-likeness (QED) is 0.651. The van der Waals surface area contributed by atoms with Crippen LogP contribution in [0, 0.1) is 5.92 Å². The number of nitrogens with one attached hydrogen (secondary N) is 1. The lowest BCUT2D eigenvalue weighted by molar-refractivity contribution is -0.126. The van der Waals surface area contributed by atoms with Crippen molar-refractivity contribution in [2.75, 3.05) is 18.9 Å². The van der Waals surface area contributed by atoms with Crippen molar-refractivity contribution < 1.29 is 9.59 Å². The van der Waals surface area contributed by atoms with Gasteiger partial charge in [-0.2, -0.15) is 0 Å². The topological polar surface area (TPSA) is 62.3 Å². The summed E-state index contributed by atoms with van der Waals surface area (Å²) >= 11 is 6.10. The zero-order valence-electron chi connectivity index (χ0n) is 16.4. The summed E-state index contributed by atoms with van der Waals surface area (Å²) in [7, 11) is 1.91. The highest BCUT2D eigenvalue weighted by atomic mass is 35.5. The summed E-state index contributed by atoms with van der Waals surface area (Å²) in [6, 6.07) is 20.4. The van der Waals surface area contributed by atoms with Crippen LogP contribution in [0.25, 0.3) is 0 Å². The van der Waals surface area contributed by atoms with Crippen molar-refractivity contribution in [3.8, 4) is 0 Å². The number of rotatable bonds is 3. The highest BCUT2D eigenvalue weighted by molar-refractivity contribution is 6.30. The molecule has 0 aliphatic carbocycles. The fourth-order valence-corrected chi connectivity index (χ4v) is 5.20. The number of ketones is 1. The third kappa shape index (κ3) is 2.62. The molecule has 0 saturated carbocycles. The van der Waals surface area contributed by atoms with Crippen LogP contribution in [0.4, 0.5) is 5.69 Å². The molecular formula is C24H20ClN3O2. The van der Waals surface area contributed by atoms with E-state index in [1.807, 2.05) is 60.5 Å². The number of aromatic nitrogens is 1. The smallest absolute Gasteiger partial charge is 0.250 e. The van der Waals surface area contributed by atoms with Crippen LogP contribution in [0.15, 0.2) is 72.9 Å². The first-order chi connectivity index (χ1) is 14.5. The molecule has 0 radical (unpaired) electrons. The zero-order valence-corrected chi connectivity index (χ0v) is 17.1. The van der Waals surface area contributed by atoms with Gasteiger partial charge in [0.1, 0.15) is 11.2 Å². The number of hydrogen-bond acceptors (Lipinski definition) is 4. The first kappa shape index (κ1) is 19.0. The van der Waals surface area contributed by atoms with Gasteiger partial charge < -0.3 is 5.32 Å². The molecule has 150 valence electrons. The fourth-order valence-electron chi connectivity index (χ4n) is 5.07. The number of carbonyl (C=O) groups is 2. The molecule has 30 heavy (non-hydrogen) atoms. The first-order valence-electron chi connectivity index (χ1n) is 9.86. The van der Waals surface area contributed by atoms with E-state index in [4.69, 9.17) is 11.6 Å². The molecule has 3 atom stereocenters. The summed E-state index contributed by atoms with van der Waals surface area (Å²) in [6.45, 7) is 0.562. The molecule has 1 fully saturated rings. The van der Waals surface area contributed by atoms with Gasteiger partial charge in [0.15, 0.2) is 5.78 Å². The van der Waals surface area contributed by atoms with Gasteiger partial charge in [0, 0.05) is 34.9 Å². The maximum absolute atomic E-state index is 13.9. The molecule has 1 amide bonds. The van der Waals surface area contributed by atoms with Crippen LogP contribution in [0.3, 0.4) is 0 Å². The van der Waals surface area contributed by atoms with Gasteiger partial charge >= 0.3 is 0 Å². The van der Waals surface area contributed by atoms with Gasteiger partial charge in [-0.3, -0.25) is 19.5 Å². The van der Waals surface area contributed by atoms with Crippen LogP contribution in [0.5, 0.6) is 0 Å². The third-order valence-electron chi connectivity index (χ3n) is 6.36. The molecule has 2 aliphatic heterocycles. The van der Waals surface area contributed by atoms with Crippen LogP contribution in [0.2, 0.25) is 5.02 Å². The number of likely N-dealkylation sites (tertiary alicyclic amines) is 1. The van der Waals surface area contributed by atoms with Gasteiger partial charge in [0.2, 0.25) is 5.91 Å². The summed E-state index contributed by atoms with van der Waals surface area (Å²) in [4.78, 5) is 33.7. The van der Waals surface area contributed by atoms with Gasteiger partial charge in [-0.05, 0) is 42.9 Å². The number of likely N-dealkylation sites (N-methyl/N-ethyl adjacent to an activating group) is 1. The lowest BCUT2D eigenvalue weighted by Crippen LogP contribution is -2.51. The minimum absolute atomic E-state index is 0.133. The third-order valence-corrected chi connectivity index (χ3v) is 6.61. The Bertz CT molecular complexity index is 1130. The zero-order chi connectivity index (χ0) is 20.9.